The Bertz CT molecular complexity index is 1560. The van der Waals surface area contributed by atoms with Crippen LogP contribution in [0.3, 0.4) is 0 Å². The summed E-state index contributed by atoms with van der Waals surface area (Å²) in [6.07, 6.45) is 8.06. The van der Waals surface area contributed by atoms with Gasteiger partial charge >= 0.3 is 11.9 Å². The number of carbonyl (C=O) groups is 2. The molecular weight excluding hydrogens is 530 g/mol. The number of carboxylic acid groups (broad SMARTS) is 2. The van der Waals surface area contributed by atoms with Crippen molar-refractivity contribution < 1.29 is 29.3 Å². The number of carboxylic acids is 2. The molecule has 220 valence electrons. The Morgan fingerprint density at radius 1 is 0.810 bits per heavy atom. The van der Waals surface area contributed by atoms with E-state index in [-0.39, 0.29) is 12.8 Å². The first-order valence-electron chi connectivity index (χ1n) is 14.4. The molecule has 0 bridgehead atoms. The van der Waals surface area contributed by atoms with Crippen molar-refractivity contribution in [2.75, 3.05) is 13.2 Å². The van der Waals surface area contributed by atoms with E-state index in [2.05, 4.69) is 32.9 Å². The fourth-order valence-electron chi connectivity index (χ4n) is 5.02. The highest BCUT2D eigenvalue weighted by Crippen LogP contribution is 2.28. The van der Waals surface area contributed by atoms with Gasteiger partial charge in [0.1, 0.15) is 11.5 Å². The maximum Gasteiger partial charge on any atom is 0.307 e. The molecule has 0 unspecified atom stereocenters. The van der Waals surface area contributed by atoms with E-state index < -0.39 is 11.9 Å². The lowest BCUT2D eigenvalue weighted by Gasteiger charge is -2.12. The summed E-state index contributed by atoms with van der Waals surface area (Å²) in [5.74, 6) is 0.0106. The second-order valence-corrected chi connectivity index (χ2v) is 10.7. The van der Waals surface area contributed by atoms with Crippen LogP contribution in [0.5, 0.6) is 11.5 Å². The number of hydrogen-bond acceptors (Lipinski definition) is 4. The van der Waals surface area contributed by atoms with Crippen molar-refractivity contribution in [3.63, 3.8) is 0 Å². The molecule has 0 aliphatic heterocycles. The van der Waals surface area contributed by atoms with Gasteiger partial charge in [0, 0.05) is 30.1 Å². The third-order valence-corrected chi connectivity index (χ3v) is 7.34. The number of aromatic nitrogens is 1. The first kappa shape index (κ1) is 30.4. The van der Waals surface area contributed by atoms with Crippen molar-refractivity contribution >= 4 is 35.0 Å². The highest BCUT2D eigenvalue weighted by Gasteiger charge is 2.14. The number of fused-ring (bicyclic) bond motifs is 1. The molecule has 0 spiro atoms. The quantitative estimate of drug-likeness (QED) is 0.114. The van der Waals surface area contributed by atoms with Crippen molar-refractivity contribution in [2.45, 2.75) is 59.4 Å². The summed E-state index contributed by atoms with van der Waals surface area (Å²) >= 11 is 0. The van der Waals surface area contributed by atoms with E-state index in [4.69, 9.17) is 14.6 Å². The summed E-state index contributed by atoms with van der Waals surface area (Å²) in [7, 11) is 0. The SMILES string of the molecule is Cc1cc(C)c(OCCCCOc2ccc(C=Cc3cccc4c3c(CC(=O)O)cn4CCCC(=O)O)cc2)cc1C. The fraction of sp³-hybridized carbons (Fsp3) is 0.314. The van der Waals surface area contributed by atoms with E-state index >= 15 is 0 Å². The first-order valence-corrected chi connectivity index (χ1v) is 14.4. The number of rotatable bonds is 15. The van der Waals surface area contributed by atoms with E-state index in [9.17, 15) is 14.7 Å². The minimum Gasteiger partial charge on any atom is -0.494 e. The molecule has 1 aromatic heterocycles. The van der Waals surface area contributed by atoms with Gasteiger partial charge in [0.2, 0.25) is 0 Å². The van der Waals surface area contributed by atoms with Gasteiger partial charge in [-0.2, -0.15) is 0 Å². The number of hydrogen-bond donors (Lipinski definition) is 2. The van der Waals surface area contributed by atoms with E-state index in [1.54, 1.807) is 0 Å². The maximum absolute atomic E-state index is 11.5. The van der Waals surface area contributed by atoms with Crippen LogP contribution < -0.4 is 9.47 Å². The molecule has 0 fully saturated rings. The largest absolute Gasteiger partial charge is 0.494 e. The van der Waals surface area contributed by atoms with Crippen LogP contribution in [-0.4, -0.2) is 39.9 Å². The van der Waals surface area contributed by atoms with Crippen LogP contribution in [-0.2, 0) is 22.6 Å². The molecule has 1 heterocycles. The molecule has 7 heteroatoms. The summed E-state index contributed by atoms with van der Waals surface area (Å²) < 4.78 is 13.8. The number of aliphatic carboxylic acids is 2. The number of nitrogens with zero attached hydrogens (tertiary/aromatic N) is 1. The van der Waals surface area contributed by atoms with Gasteiger partial charge < -0.3 is 24.3 Å². The average molecular weight is 570 g/mol. The smallest absolute Gasteiger partial charge is 0.307 e. The van der Waals surface area contributed by atoms with Gasteiger partial charge in [0.05, 0.1) is 19.6 Å². The normalized spacial score (nSPS) is 11.3. The molecule has 0 atom stereocenters. The summed E-state index contributed by atoms with van der Waals surface area (Å²) in [5, 5.41) is 19.3. The summed E-state index contributed by atoms with van der Waals surface area (Å²) in [6, 6.07) is 18.0. The summed E-state index contributed by atoms with van der Waals surface area (Å²) in [4.78, 5) is 22.5. The Labute approximate surface area is 247 Å². The minimum absolute atomic E-state index is 0.0646. The third kappa shape index (κ3) is 8.26. The Morgan fingerprint density at radius 3 is 2.24 bits per heavy atom. The van der Waals surface area contributed by atoms with Gasteiger partial charge in [0.25, 0.3) is 0 Å². The Kier molecular flexibility index (Phi) is 10.4. The standard InChI is InChI=1S/C35H39NO6/c1-24-20-26(3)32(21-25(24)2)42-19-5-4-18-41-30-15-12-27(13-16-30)11-14-28-8-6-9-31-35(28)29(22-34(39)40)23-36(31)17-7-10-33(37)38/h6,8-9,11-16,20-21,23H,4-5,7,10,17-19,22H2,1-3H3,(H,37,38)(H,39,40). The van der Waals surface area contributed by atoms with Crippen LogP contribution in [0, 0.1) is 20.8 Å². The van der Waals surface area contributed by atoms with Crippen molar-refractivity contribution in [2.24, 2.45) is 0 Å². The molecule has 42 heavy (non-hydrogen) atoms. The lowest BCUT2D eigenvalue weighted by molar-refractivity contribution is -0.137. The number of aryl methyl sites for hydroxylation is 4. The highest BCUT2D eigenvalue weighted by molar-refractivity contribution is 5.96. The zero-order valence-corrected chi connectivity index (χ0v) is 24.6. The Hall–Kier alpha value is -4.52. The van der Waals surface area contributed by atoms with Crippen molar-refractivity contribution in [1.29, 1.82) is 0 Å². The molecule has 4 aromatic rings. The molecule has 0 aliphatic rings. The van der Waals surface area contributed by atoms with E-state index in [1.165, 1.54) is 11.1 Å². The Morgan fingerprint density at radius 2 is 1.52 bits per heavy atom. The van der Waals surface area contributed by atoms with Gasteiger partial charge in [-0.3, -0.25) is 9.59 Å². The lowest BCUT2D eigenvalue weighted by atomic mass is 10.0. The summed E-state index contributed by atoms with van der Waals surface area (Å²) in [6.45, 7) is 8.06. The number of benzene rings is 3. The molecule has 2 N–H and O–H groups in total. The fourth-order valence-corrected chi connectivity index (χ4v) is 5.02. The summed E-state index contributed by atoms with van der Waals surface area (Å²) in [5.41, 5.74) is 7.20. The molecule has 0 amide bonds. The highest BCUT2D eigenvalue weighted by atomic mass is 16.5. The van der Waals surface area contributed by atoms with E-state index in [1.807, 2.05) is 65.4 Å². The molecule has 0 saturated carbocycles. The topological polar surface area (TPSA) is 98.0 Å². The molecule has 0 radical (unpaired) electrons. The van der Waals surface area contributed by atoms with Crippen LogP contribution in [0.2, 0.25) is 0 Å². The predicted octanol–water partition coefficient (Wildman–Crippen LogP) is 7.47. The van der Waals surface area contributed by atoms with Crippen molar-refractivity contribution in [3.05, 3.63) is 94.2 Å². The first-order chi connectivity index (χ1) is 20.2. The monoisotopic (exact) mass is 569 g/mol. The molecule has 7 nitrogen and oxygen atoms in total. The van der Waals surface area contributed by atoms with Crippen LogP contribution in [0.1, 0.15) is 59.1 Å². The molecule has 0 saturated heterocycles. The second-order valence-electron chi connectivity index (χ2n) is 10.7. The van der Waals surface area contributed by atoms with Gasteiger partial charge in [-0.15, -0.1) is 0 Å². The van der Waals surface area contributed by atoms with Gasteiger partial charge in [-0.25, -0.2) is 0 Å². The van der Waals surface area contributed by atoms with Gasteiger partial charge in [0.15, 0.2) is 0 Å². The van der Waals surface area contributed by atoms with E-state index in [0.29, 0.717) is 31.7 Å². The van der Waals surface area contributed by atoms with Gasteiger partial charge in [-0.1, -0.05) is 42.5 Å². The molecule has 4 rings (SSSR count). The number of unbranched alkanes of at least 4 members (excludes halogenated alkanes) is 1. The second kappa shape index (κ2) is 14.4. The minimum atomic E-state index is -0.905. The number of ether oxygens (including phenoxy) is 2. The zero-order valence-electron chi connectivity index (χ0n) is 24.6. The zero-order chi connectivity index (χ0) is 30.1. The predicted molar refractivity (Wildman–Crippen MR) is 166 cm³/mol. The third-order valence-electron chi connectivity index (χ3n) is 7.34. The molecule has 0 aliphatic carbocycles. The average Bonchev–Trinajstić information content (AvgIpc) is 3.29. The molecular formula is C35H39NO6. The lowest BCUT2D eigenvalue weighted by Crippen LogP contribution is -2.03. The van der Waals surface area contributed by atoms with E-state index in [0.717, 1.165) is 51.9 Å². The van der Waals surface area contributed by atoms with Crippen LogP contribution in [0.25, 0.3) is 23.1 Å². The van der Waals surface area contributed by atoms with Gasteiger partial charge in [-0.05, 0) is 97.7 Å². The van der Waals surface area contributed by atoms with Crippen LogP contribution >= 0.6 is 0 Å². The maximum atomic E-state index is 11.5. The van der Waals surface area contributed by atoms with Crippen molar-refractivity contribution in [1.82, 2.24) is 4.57 Å². The van der Waals surface area contributed by atoms with Crippen LogP contribution in [0.4, 0.5) is 0 Å². The molecule has 3 aromatic carbocycles. The van der Waals surface area contributed by atoms with Crippen LogP contribution in [0.15, 0.2) is 60.8 Å². The van der Waals surface area contributed by atoms with Crippen molar-refractivity contribution in [3.8, 4) is 11.5 Å². The Balaban J connectivity index is 1.33.